The smallest absolute Gasteiger partial charge is 0.287 e. The Bertz CT molecular complexity index is 578. The number of carbonyl (C=O) groups excluding carboxylic acids is 1. The van der Waals surface area contributed by atoms with Gasteiger partial charge in [-0.2, -0.15) is 0 Å². The van der Waals surface area contributed by atoms with E-state index < -0.39 is 4.92 Å². The molecule has 1 aromatic rings. The van der Waals surface area contributed by atoms with Crippen molar-refractivity contribution < 1.29 is 9.72 Å². The third-order valence-electron chi connectivity index (χ3n) is 4.37. The Kier molecular flexibility index (Phi) is 3.90. The lowest BCUT2D eigenvalue weighted by Crippen LogP contribution is -2.44. The van der Waals surface area contributed by atoms with Crippen LogP contribution in [-0.2, 0) is 4.79 Å². The van der Waals surface area contributed by atoms with Gasteiger partial charge in [-0.25, -0.2) is 10.4 Å². The first kappa shape index (κ1) is 14.7. The van der Waals surface area contributed by atoms with Gasteiger partial charge in [-0.1, -0.05) is 0 Å². The van der Waals surface area contributed by atoms with Gasteiger partial charge in [0.2, 0.25) is 5.91 Å². The number of nitrogens with zero attached hydrogens (tertiary/aromatic N) is 2. The number of hydrogen-bond acceptors (Lipinski definition) is 7. The molecule has 2 aliphatic rings. The number of pyridine rings is 1. The number of aromatic nitrogens is 1. The van der Waals surface area contributed by atoms with Crippen molar-refractivity contribution in [3.05, 3.63) is 28.4 Å². The van der Waals surface area contributed by atoms with E-state index in [0.29, 0.717) is 5.82 Å². The lowest BCUT2D eigenvalue weighted by molar-refractivity contribution is -0.385. The van der Waals surface area contributed by atoms with Crippen molar-refractivity contribution in [2.24, 2.45) is 11.7 Å². The molecule has 1 saturated carbocycles. The minimum atomic E-state index is -0.477. The lowest BCUT2D eigenvalue weighted by Gasteiger charge is -2.33. The summed E-state index contributed by atoms with van der Waals surface area (Å²) in [7, 11) is 0. The fourth-order valence-electron chi connectivity index (χ4n) is 3.26. The van der Waals surface area contributed by atoms with Gasteiger partial charge in [0.05, 0.1) is 4.92 Å². The number of carbonyl (C=O) groups is 1. The molecule has 9 nitrogen and oxygen atoms in total. The Morgan fingerprint density at radius 2 is 2.23 bits per heavy atom. The Morgan fingerprint density at radius 1 is 1.41 bits per heavy atom. The standard InChI is InChI=1S/C13H18N6O3/c14-13(20)12-9-5-7(1-3-10(9)17-18-12)16-11-4-2-8(6-15-11)19(21)22/h2,4,6-7,9-10,12,17-18H,1,3,5H2,(H2,14,20)(H,15,16). The quantitative estimate of drug-likeness (QED) is 0.450. The highest BCUT2D eigenvalue weighted by Crippen LogP contribution is 2.31. The summed E-state index contributed by atoms with van der Waals surface area (Å²) in [6.45, 7) is 0. The molecule has 22 heavy (non-hydrogen) atoms. The van der Waals surface area contributed by atoms with Crippen molar-refractivity contribution in [2.45, 2.75) is 37.4 Å². The van der Waals surface area contributed by atoms with Crippen LogP contribution in [-0.4, -0.2) is 33.9 Å². The molecule has 5 N–H and O–H groups in total. The highest BCUT2D eigenvalue weighted by Gasteiger charge is 2.42. The summed E-state index contributed by atoms with van der Waals surface area (Å²) in [6.07, 6.45) is 3.88. The highest BCUT2D eigenvalue weighted by molar-refractivity contribution is 5.80. The van der Waals surface area contributed by atoms with E-state index >= 15 is 0 Å². The van der Waals surface area contributed by atoms with E-state index in [1.807, 2.05) is 0 Å². The van der Waals surface area contributed by atoms with Crippen molar-refractivity contribution in [1.82, 2.24) is 15.8 Å². The molecule has 1 amide bonds. The van der Waals surface area contributed by atoms with Crippen LogP contribution in [0, 0.1) is 16.0 Å². The van der Waals surface area contributed by atoms with Crippen LogP contribution in [0.2, 0.25) is 0 Å². The molecule has 2 heterocycles. The van der Waals surface area contributed by atoms with Gasteiger partial charge < -0.3 is 11.1 Å². The zero-order chi connectivity index (χ0) is 15.7. The molecular weight excluding hydrogens is 288 g/mol. The number of hydrogen-bond donors (Lipinski definition) is 4. The first-order valence-corrected chi connectivity index (χ1v) is 7.22. The second kappa shape index (κ2) is 5.85. The summed E-state index contributed by atoms with van der Waals surface area (Å²) in [6, 6.07) is 3.07. The van der Waals surface area contributed by atoms with Crippen molar-refractivity contribution in [2.75, 3.05) is 5.32 Å². The van der Waals surface area contributed by atoms with Gasteiger partial charge in [0.1, 0.15) is 18.1 Å². The predicted molar refractivity (Wildman–Crippen MR) is 78.7 cm³/mol. The van der Waals surface area contributed by atoms with Crippen LogP contribution >= 0.6 is 0 Å². The second-order valence-corrected chi connectivity index (χ2v) is 5.75. The molecule has 2 fully saturated rings. The monoisotopic (exact) mass is 306 g/mol. The highest BCUT2D eigenvalue weighted by atomic mass is 16.6. The van der Waals surface area contributed by atoms with E-state index in [-0.39, 0.29) is 35.6 Å². The SMILES string of the molecule is NC(=O)C1NNC2CCC(Nc3ccc([N+](=O)[O-])cn3)CC21. The third-order valence-corrected chi connectivity index (χ3v) is 4.37. The van der Waals surface area contributed by atoms with Gasteiger partial charge in [-0.05, 0) is 25.3 Å². The summed E-state index contributed by atoms with van der Waals surface area (Å²) in [5.74, 6) is 0.388. The molecule has 1 aromatic heterocycles. The first-order valence-electron chi connectivity index (χ1n) is 7.22. The Balaban J connectivity index is 1.64. The number of primary amides is 1. The molecule has 3 rings (SSSR count). The number of nitrogens with two attached hydrogens (primary N) is 1. The molecule has 4 atom stereocenters. The fraction of sp³-hybridized carbons (Fsp3) is 0.538. The van der Waals surface area contributed by atoms with Crippen LogP contribution < -0.4 is 21.9 Å². The van der Waals surface area contributed by atoms with Gasteiger partial charge in [0, 0.05) is 24.1 Å². The van der Waals surface area contributed by atoms with Gasteiger partial charge in [0.15, 0.2) is 0 Å². The maximum absolute atomic E-state index is 11.4. The van der Waals surface area contributed by atoms with Gasteiger partial charge in [0.25, 0.3) is 5.69 Å². The average molecular weight is 306 g/mol. The summed E-state index contributed by atoms with van der Waals surface area (Å²) < 4.78 is 0. The first-order chi connectivity index (χ1) is 10.5. The Morgan fingerprint density at radius 3 is 2.86 bits per heavy atom. The average Bonchev–Trinajstić information content (AvgIpc) is 2.91. The molecule has 9 heteroatoms. The minimum Gasteiger partial charge on any atom is -0.368 e. The zero-order valence-corrected chi connectivity index (χ0v) is 11.9. The summed E-state index contributed by atoms with van der Waals surface area (Å²) in [5.41, 5.74) is 11.5. The molecule has 0 aromatic carbocycles. The van der Waals surface area contributed by atoms with Crippen LogP contribution in [0.15, 0.2) is 18.3 Å². The van der Waals surface area contributed by atoms with E-state index in [0.717, 1.165) is 19.3 Å². The maximum atomic E-state index is 11.4. The number of hydrazine groups is 1. The number of amides is 1. The number of nitrogens with one attached hydrogen (secondary N) is 3. The number of anilines is 1. The summed E-state index contributed by atoms with van der Waals surface area (Å²) in [5, 5.41) is 13.9. The molecule has 0 radical (unpaired) electrons. The van der Waals surface area contributed by atoms with Gasteiger partial charge in [-0.3, -0.25) is 20.3 Å². The van der Waals surface area contributed by atoms with E-state index in [1.165, 1.54) is 12.3 Å². The van der Waals surface area contributed by atoms with Crippen LogP contribution in [0.5, 0.6) is 0 Å². The van der Waals surface area contributed by atoms with Crippen LogP contribution in [0.1, 0.15) is 19.3 Å². The summed E-state index contributed by atoms with van der Waals surface area (Å²) >= 11 is 0. The topological polar surface area (TPSA) is 135 Å². The van der Waals surface area contributed by atoms with Crippen LogP contribution in [0.3, 0.4) is 0 Å². The molecule has 1 saturated heterocycles. The normalized spacial score (nSPS) is 30.5. The lowest BCUT2D eigenvalue weighted by atomic mass is 9.79. The Labute approximate surface area is 126 Å². The second-order valence-electron chi connectivity index (χ2n) is 5.75. The van der Waals surface area contributed by atoms with Crippen LogP contribution in [0.4, 0.5) is 11.5 Å². The number of rotatable bonds is 4. The number of fused-ring (bicyclic) bond motifs is 1. The van der Waals surface area contributed by atoms with Crippen LogP contribution in [0.25, 0.3) is 0 Å². The fourth-order valence-corrected chi connectivity index (χ4v) is 3.26. The maximum Gasteiger partial charge on any atom is 0.287 e. The number of nitro groups is 1. The molecule has 118 valence electrons. The predicted octanol–water partition coefficient (Wildman–Crippen LogP) is -0.0993. The largest absolute Gasteiger partial charge is 0.368 e. The van der Waals surface area contributed by atoms with Crippen molar-refractivity contribution in [1.29, 1.82) is 0 Å². The molecule has 0 spiro atoms. The molecule has 1 aliphatic carbocycles. The van der Waals surface area contributed by atoms with Crippen molar-refractivity contribution in [3.63, 3.8) is 0 Å². The van der Waals surface area contributed by atoms with E-state index in [1.54, 1.807) is 6.07 Å². The molecular formula is C13H18N6O3. The van der Waals surface area contributed by atoms with E-state index in [9.17, 15) is 14.9 Å². The third kappa shape index (κ3) is 2.85. The van der Waals surface area contributed by atoms with E-state index in [2.05, 4.69) is 21.2 Å². The molecule has 0 bridgehead atoms. The zero-order valence-electron chi connectivity index (χ0n) is 11.9. The Hall–Kier alpha value is -2.26. The van der Waals surface area contributed by atoms with Crippen molar-refractivity contribution >= 4 is 17.4 Å². The minimum absolute atomic E-state index is 0.0350. The van der Waals surface area contributed by atoms with Gasteiger partial charge >= 0.3 is 0 Å². The molecule has 1 aliphatic heterocycles. The molecule has 4 unspecified atom stereocenters. The van der Waals surface area contributed by atoms with Crippen molar-refractivity contribution in [3.8, 4) is 0 Å². The summed E-state index contributed by atoms with van der Waals surface area (Å²) in [4.78, 5) is 25.6. The van der Waals surface area contributed by atoms with E-state index in [4.69, 9.17) is 5.73 Å². The van der Waals surface area contributed by atoms with Gasteiger partial charge in [-0.15, -0.1) is 0 Å².